The van der Waals surface area contributed by atoms with Crippen LogP contribution in [0, 0.1) is 6.92 Å². The highest BCUT2D eigenvalue weighted by Gasteiger charge is 2.25. The smallest absolute Gasteiger partial charge is 0.208 e. The molecule has 3 aromatic carbocycles. The summed E-state index contributed by atoms with van der Waals surface area (Å²) in [5.41, 5.74) is 11.5. The minimum atomic E-state index is -3.75. The van der Waals surface area contributed by atoms with E-state index in [0.29, 0.717) is 5.56 Å². The van der Waals surface area contributed by atoms with Gasteiger partial charge < -0.3 is 10.6 Å². The summed E-state index contributed by atoms with van der Waals surface area (Å²) >= 11 is 3.34. The standard InChI is InChI=1S/C24H23BrN2O2S/c1-16-13-22(17(2)27-12-11-18-5-3-4-6-19(18)15-27)24(26)23(14-16)30(28,29)21-9-7-20(25)8-10-21/h3-10,13-14H,2,11-12,15,26H2,1H3. The largest absolute Gasteiger partial charge is 0.397 e. The molecular formula is C24H23BrN2O2S. The van der Waals surface area contributed by atoms with E-state index in [2.05, 4.69) is 45.6 Å². The topological polar surface area (TPSA) is 63.4 Å². The molecule has 30 heavy (non-hydrogen) atoms. The van der Waals surface area contributed by atoms with Crippen molar-refractivity contribution in [2.75, 3.05) is 12.3 Å². The highest BCUT2D eigenvalue weighted by atomic mass is 79.9. The van der Waals surface area contributed by atoms with Crippen molar-refractivity contribution in [3.8, 4) is 0 Å². The van der Waals surface area contributed by atoms with E-state index in [-0.39, 0.29) is 15.5 Å². The van der Waals surface area contributed by atoms with Crippen LogP contribution in [0.15, 0.2) is 81.5 Å². The highest BCUT2D eigenvalue weighted by molar-refractivity contribution is 9.10. The number of benzene rings is 3. The van der Waals surface area contributed by atoms with Crippen molar-refractivity contribution >= 4 is 37.2 Å². The predicted molar refractivity (Wildman–Crippen MR) is 125 cm³/mol. The van der Waals surface area contributed by atoms with Crippen molar-refractivity contribution in [1.29, 1.82) is 0 Å². The van der Waals surface area contributed by atoms with E-state index in [4.69, 9.17) is 5.73 Å². The molecule has 0 bridgehead atoms. The van der Waals surface area contributed by atoms with Gasteiger partial charge in [-0.3, -0.25) is 0 Å². The summed E-state index contributed by atoms with van der Waals surface area (Å²) in [6.07, 6.45) is 0.922. The molecule has 0 saturated carbocycles. The Hall–Kier alpha value is -2.57. The normalized spacial score (nSPS) is 13.7. The summed E-state index contributed by atoms with van der Waals surface area (Å²) in [6, 6.07) is 18.5. The number of fused-ring (bicyclic) bond motifs is 1. The van der Waals surface area contributed by atoms with E-state index < -0.39 is 9.84 Å². The number of nitrogens with zero attached hydrogens (tertiary/aromatic N) is 1. The fraction of sp³-hybridized carbons (Fsp3) is 0.167. The Labute approximate surface area is 186 Å². The first-order chi connectivity index (χ1) is 14.3. The molecule has 1 aliphatic rings. The number of nitrogen functional groups attached to an aromatic ring is 1. The molecule has 0 aromatic heterocycles. The van der Waals surface area contributed by atoms with Crippen LogP contribution in [-0.2, 0) is 22.8 Å². The molecule has 0 unspecified atom stereocenters. The quantitative estimate of drug-likeness (QED) is 0.518. The van der Waals surface area contributed by atoms with Crippen LogP contribution >= 0.6 is 15.9 Å². The van der Waals surface area contributed by atoms with Gasteiger partial charge in [0, 0.05) is 28.8 Å². The second kappa shape index (κ2) is 7.93. The molecule has 0 fully saturated rings. The summed E-state index contributed by atoms with van der Waals surface area (Å²) in [6.45, 7) is 7.70. The Bertz CT molecular complexity index is 1230. The Morgan fingerprint density at radius 1 is 1.07 bits per heavy atom. The zero-order valence-corrected chi connectivity index (χ0v) is 19.1. The number of hydrogen-bond donors (Lipinski definition) is 1. The Morgan fingerprint density at radius 2 is 1.73 bits per heavy atom. The van der Waals surface area contributed by atoms with Crippen molar-refractivity contribution in [2.45, 2.75) is 29.7 Å². The van der Waals surface area contributed by atoms with Gasteiger partial charge in [-0.1, -0.05) is 46.8 Å². The monoisotopic (exact) mass is 482 g/mol. The van der Waals surface area contributed by atoms with Crippen molar-refractivity contribution < 1.29 is 8.42 Å². The lowest BCUT2D eigenvalue weighted by molar-refractivity contribution is 0.374. The maximum absolute atomic E-state index is 13.3. The van der Waals surface area contributed by atoms with Crippen LogP contribution in [0.2, 0.25) is 0 Å². The fourth-order valence-corrected chi connectivity index (χ4v) is 5.62. The summed E-state index contributed by atoms with van der Waals surface area (Å²) in [5, 5.41) is 0. The number of rotatable bonds is 4. The third-order valence-corrected chi connectivity index (χ3v) is 7.86. The summed E-state index contributed by atoms with van der Waals surface area (Å²) < 4.78 is 27.4. The summed E-state index contributed by atoms with van der Waals surface area (Å²) in [4.78, 5) is 2.51. The molecule has 0 aliphatic carbocycles. The minimum absolute atomic E-state index is 0.124. The molecule has 4 rings (SSSR count). The van der Waals surface area contributed by atoms with E-state index in [1.807, 2.05) is 19.1 Å². The van der Waals surface area contributed by atoms with Crippen molar-refractivity contribution in [2.24, 2.45) is 0 Å². The Kier molecular flexibility index (Phi) is 5.47. The van der Waals surface area contributed by atoms with Gasteiger partial charge in [0.1, 0.15) is 0 Å². The van der Waals surface area contributed by atoms with Gasteiger partial charge >= 0.3 is 0 Å². The molecule has 6 heteroatoms. The third kappa shape index (κ3) is 3.77. The van der Waals surface area contributed by atoms with Crippen LogP contribution in [0.5, 0.6) is 0 Å². The molecule has 0 amide bonds. The zero-order valence-electron chi connectivity index (χ0n) is 16.7. The molecule has 0 atom stereocenters. The summed E-state index contributed by atoms with van der Waals surface area (Å²) in [5.74, 6) is 0. The van der Waals surface area contributed by atoms with Gasteiger partial charge in [0.2, 0.25) is 9.84 Å². The molecular weight excluding hydrogens is 460 g/mol. The van der Waals surface area contributed by atoms with Crippen LogP contribution < -0.4 is 5.73 Å². The van der Waals surface area contributed by atoms with Gasteiger partial charge in [-0.25, -0.2) is 8.42 Å². The molecule has 4 nitrogen and oxygen atoms in total. The number of sulfone groups is 1. The van der Waals surface area contributed by atoms with E-state index in [1.165, 1.54) is 11.1 Å². The second-order valence-electron chi connectivity index (χ2n) is 7.57. The third-order valence-electron chi connectivity index (χ3n) is 5.52. The minimum Gasteiger partial charge on any atom is -0.397 e. The zero-order chi connectivity index (χ0) is 21.5. The highest BCUT2D eigenvalue weighted by Crippen LogP contribution is 2.35. The van der Waals surface area contributed by atoms with Crippen LogP contribution in [0.4, 0.5) is 5.69 Å². The molecule has 3 aromatic rings. The second-order valence-corrected chi connectivity index (χ2v) is 10.4. The Balaban J connectivity index is 1.73. The van der Waals surface area contributed by atoms with Crippen molar-refractivity contribution in [1.82, 2.24) is 4.90 Å². The maximum Gasteiger partial charge on any atom is 0.208 e. The molecule has 2 N–H and O–H groups in total. The molecule has 1 heterocycles. The lowest BCUT2D eigenvalue weighted by Gasteiger charge is -2.33. The van der Waals surface area contributed by atoms with Crippen LogP contribution in [0.3, 0.4) is 0 Å². The number of nitrogens with two attached hydrogens (primary N) is 1. The fourth-order valence-electron chi connectivity index (χ4n) is 3.86. The number of halogens is 1. The average molecular weight is 483 g/mol. The van der Waals surface area contributed by atoms with Crippen molar-refractivity contribution in [3.05, 3.63) is 94.0 Å². The first kappa shape index (κ1) is 20.7. The van der Waals surface area contributed by atoms with Crippen LogP contribution in [0.25, 0.3) is 5.70 Å². The predicted octanol–water partition coefficient (Wildman–Crippen LogP) is 5.20. The van der Waals surface area contributed by atoms with Gasteiger partial charge in [-0.05, 0) is 66.4 Å². The van der Waals surface area contributed by atoms with Crippen molar-refractivity contribution in [3.63, 3.8) is 0 Å². The molecule has 0 radical (unpaired) electrons. The van der Waals surface area contributed by atoms with Gasteiger partial charge in [-0.15, -0.1) is 0 Å². The van der Waals surface area contributed by atoms with Gasteiger partial charge in [0.05, 0.1) is 15.5 Å². The van der Waals surface area contributed by atoms with E-state index in [9.17, 15) is 8.42 Å². The van der Waals surface area contributed by atoms with E-state index in [1.54, 1.807) is 30.3 Å². The number of anilines is 1. The summed E-state index contributed by atoms with van der Waals surface area (Å²) in [7, 11) is -3.75. The lowest BCUT2D eigenvalue weighted by atomic mass is 9.98. The molecule has 0 spiro atoms. The number of aryl methyl sites for hydroxylation is 1. The number of hydrogen-bond acceptors (Lipinski definition) is 4. The van der Waals surface area contributed by atoms with Gasteiger partial charge in [0.25, 0.3) is 0 Å². The first-order valence-corrected chi connectivity index (χ1v) is 12.0. The maximum atomic E-state index is 13.3. The van der Waals surface area contributed by atoms with Gasteiger partial charge in [0.15, 0.2) is 0 Å². The first-order valence-electron chi connectivity index (χ1n) is 9.69. The average Bonchev–Trinajstić information content (AvgIpc) is 2.74. The molecule has 1 aliphatic heterocycles. The molecule has 154 valence electrons. The van der Waals surface area contributed by atoms with Crippen LogP contribution in [0.1, 0.15) is 22.3 Å². The van der Waals surface area contributed by atoms with E-state index >= 15 is 0 Å². The Morgan fingerprint density at radius 3 is 2.43 bits per heavy atom. The van der Waals surface area contributed by atoms with Gasteiger partial charge in [-0.2, -0.15) is 0 Å². The SMILES string of the molecule is C=C(c1cc(C)cc(S(=O)(=O)c2ccc(Br)cc2)c1N)N1CCc2ccccc2C1. The lowest BCUT2D eigenvalue weighted by Crippen LogP contribution is -2.29. The molecule has 0 saturated heterocycles. The van der Waals surface area contributed by atoms with Crippen LogP contribution in [-0.4, -0.2) is 19.9 Å². The van der Waals surface area contributed by atoms with E-state index in [0.717, 1.165) is 35.2 Å².